The van der Waals surface area contributed by atoms with Gasteiger partial charge in [-0.1, -0.05) is 239 Å². The van der Waals surface area contributed by atoms with E-state index < -0.39 is 0 Å². The number of oxazole rings is 1. The summed E-state index contributed by atoms with van der Waals surface area (Å²) in [6, 6.07) is 2.38. The van der Waals surface area contributed by atoms with Crippen LogP contribution < -0.4 is 0 Å². The molecule has 0 aliphatic carbocycles. The van der Waals surface area contributed by atoms with E-state index in [1.165, 1.54) is 15.6 Å². The van der Waals surface area contributed by atoms with E-state index in [2.05, 4.69) is 269 Å². The highest BCUT2D eigenvalue weighted by Gasteiger charge is 2.21. The first-order valence-electron chi connectivity index (χ1n) is 31.0. The fourth-order valence-corrected chi connectivity index (χ4v) is 7.30. The smallest absolute Gasteiger partial charge is 0.229 e. The lowest BCUT2D eigenvalue weighted by molar-refractivity contribution is 0.359. The molecule has 14 heteroatoms. The van der Waals surface area contributed by atoms with E-state index in [-0.39, 0.29) is 0 Å². The lowest BCUT2D eigenvalue weighted by Crippen LogP contribution is -2.05. The summed E-state index contributed by atoms with van der Waals surface area (Å²) in [6.07, 6.45) is 3.32. The molecule has 81 heavy (non-hydrogen) atoms. The standard InChI is InChI=1S/C12H21NO.C12H21NS.C11H21N3.C9H15NO.C8H14N2O.3C4H10.C3H4N2/c2*1-7(2)10-11(8(3)4)14-12(13-10)9(5)6;1-7(2)10-11(8(3)4)13-14(12-10)9(5)6;1-6(2)8-5-9(7(3)4)11-10-8;1-5(2)7-9-8(6(3)4)11-10-7;3*1-4(2)3;1-2-5-3-4-1/h3*7-9H,1-6H3;5-7H,1-4H3;5-6H,1-4H3;3*4H,1-3H3;1,3H,2H2. The van der Waals surface area contributed by atoms with Gasteiger partial charge >= 0.3 is 0 Å². The first kappa shape index (κ1) is 80.9. The molecule has 0 saturated heterocycles. The van der Waals surface area contributed by atoms with Crippen LogP contribution >= 0.6 is 11.3 Å². The molecule has 468 valence electrons. The first-order valence-corrected chi connectivity index (χ1v) is 31.8. The molecule has 13 nitrogen and oxygen atoms in total. The van der Waals surface area contributed by atoms with Crippen LogP contribution in [0.25, 0.3) is 0 Å². The summed E-state index contributed by atoms with van der Waals surface area (Å²) in [4.78, 5) is 24.2. The third kappa shape index (κ3) is 36.1. The van der Waals surface area contributed by atoms with Crippen LogP contribution in [0.4, 0.5) is 0 Å². The predicted molar refractivity (Wildman–Crippen MR) is 352 cm³/mol. The van der Waals surface area contributed by atoms with Gasteiger partial charge < -0.3 is 13.5 Å². The Morgan fingerprint density at radius 2 is 0.877 bits per heavy atom. The quantitative estimate of drug-likeness (QED) is 0.111. The van der Waals surface area contributed by atoms with E-state index in [0.717, 1.165) is 76.2 Å². The Morgan fingerprint density at radius 1 is 0.420 bits per heavy atom. The van der Waals surface area contributed by atoms with Crippen LogP contribution in [0.2, 0.25) is 0 Å². The van der Waals surface area contributed by atoms with Gasteiger partial charge in [-0.05, 0) is 67.1 Å². The van der Waals surface area contributed by atoms with Crippen molar-refractivity contribution in [3.8, 4) is 0 Å². The van der Waals surface area contributed by atoms with E-state index in [1.807, 2.05) is 36.0 Å². The highest BCUT2D eigenvalue weighted by Crippen LogP contribution is 2.34. The Bertz CT molecular complexity index is 2010. The maximum Gasteiger partial charge on any atom is 0.229 e. The third-order valence-electron chi connectivity index (χ3n) is 10.4. The van der Waals surface area contributed by atoms with E-state index in [1.54, 1.807) is 12.6 Å². The van der Waals surface area contributed by atoms with Gasteiger partial charge in [0.25, 0.3) is 0 Å². The normalized spacial score (nSPS) is 11.8. The zero-order chi connectivity index (χ0) is 63.8. The maximum absolute atomic E-state index is 5.79. The molecule has 0 fully saturated rings. The zero-order valence-electron chi connectivity index (χ0n) is 58.8. The molecule has 1 aliphatic heterocycles. The van der Waals surface area contributed by atoms with Gasteiger partial charge in [-0.3, -0.25) is 4.99 Å². The number of aliphatic imine (C=N–C) groups is 2. The van der Waals surface area contributed by atoms with Crippen LogP contribution in [0.1, 0.15) is 387 Å². The molecule has 0 aromatic carbocycles. The van der Waals surface area contributed by atoms with Crippen molar-refractivity contribution in [3.63, 3.8) is 0 Å². The van der Waals surface area contributed by atoms with Crippen LogP contribution in [0, 0.1) is 17.8 Å². The molecule has 1 aliphatic rings. The van der Waals surface area contributed by atoms with Gasteiger partial charge in [0.1, 0.15) is 17.9 Å². The summed E-state index contributed by atoms with van der Waals surface area (Å²) in [5.41, 5.74) is 5.79. The molecule has 0 radical (unpaired) electrons. The summed E-state index contributed by atoms with van der Waals surface area (Å²) in [5, 5.41) is 18.2. The SMILES string of the molecule is C1=NC=NC1.CC(C)C.CC(C)C.CC(C)C.CC(C)c1cc(C(C)C)on1.CC(C)c1nc(C(C)C)c(C(C)C)o1.CC(C)c1nc(C(C)C)c(C(C)C)s1.CC(C)c1nn(C(C)C)nc1C(C)C.CC(C)c1noc(C(C)C)n1. The van der Waals surface area contributed by atoms with Crippen LogP contribution in [-0.2, 0) is 0 Å². The lowest BCUT2D eigenvalue weighted by atomic mass is 10.0. The average molecular weight is 1150 g/mol. The Morgan fingerprint density at radius 3 is 1.10 bits per heavy atom. The zero-order valence-corrected chi connectivity index (χ0v) is 59.6. The van der Waals surface area contributed by atoms with Gasteiger partial charge in [0.05, 0.1) is 46.1 Å². The molecule has 0 unspecified atom stereocenters. The van der Waals surface area contributed by atoms with Gasteiger partial charge in [-0.2, -0.15) is 20.0 Å². The highest BCUT2D eigenvalue weighted by molar-refractivity contribution is 7.12. The van der Waals surface area contributed by atoms with Crippen molar-refractivity contribution in [2.24, 2.45) is 27.7 Å². The minimum Gasteiger partial charge on any atom is -0.445 e. The number of hydrogen-bond acceptors (Lipinski definition) is 13. The molecule has 0 N–H and O–H groups in total. The molecular weight excluding hydrogens is 1020 g/mol. The van der Waals surface area contributed by atoms with Crippen molar-refractivity contribution in [2.45, 2.75) is 319 Å². The highest BCUT2D eigenvalue weighted by atomic mass is 32.1. The molecule has 0 atom stereocenters. The maximum atomic E-state index is 5.79. The monoisotopic (exact) mass is 1150 g/mol. The molecule has 6 heterocycles. The van der Waals surface area contributed by atoms with Crippen molar-refractivity contribution in [1.29, 1.82) is 0 Å². The van der Waals surface area contributed by atoms with Crippen molar-refractivity contribution in [3.05, 3.63) is 73.5 Å². The van der Waals surface area contributed by atoms with E-state index >= 15 is 0 Å². The average Bonchev–Trinajstić information content (AvgIpc) is 4.19. The molecule has 0 saturated carbocycles. The Hall–Kier alpha value is -4.33. The molecule has 0 spiro atoms. The Balaban J connectivity index is -0.000000877. The van der Waals surface area contributed by atoms with Crippen LogP contribution in [0.3, 0.4) is 0 Å². The van der Waals surface area contributed by atoms with Crippen LogP contribution in [-0.4, -0.2) is 59.4 Å². The van der Waals surface area contributed by atoms with E-state index in [0.29, 0.717) is 77.1 Å². The third-order valence-corrected chi connectivity index (χ3v) is 12.1. The van der Waals surface area contributed by atoms with Crippen molar-refractivity contribution < 1.29 is 13.5 Å². The van der Waals surface area contributed by atoms with Crippen LogP contribution in [0.15, 0.2) is 29.5 Å². The second-order valence-corrected chi connectivity index (χ2v) is 28.1. The number of thiazole rings is 1. The van der Waals surface area contributed by atoms with Gasteiger partial charge in [0, 0.05) is 52.7 Å². The van der Waals surface area contributed by atoms with Gasteiger partial charge in [0.15, 0.2) is 11.7 Å². The fourth-order valence-electron chi connectivity index (χ4n) is 6.07. The largest absolute Gasteiger partial charge is 0.445 e. The Labute approximate surface area is 502 Å². The molecule has 0 bridgehead atoms. The minimum absolute atomic E-state index is 0.329. The summed E-state index contributed by atoms with van der Waals surface area (Å²) in [7, 11) is 0. The van der Waals surface area contributed by atoms with Crippen molar-refractivity contribution in [1.82, 2.24) is 40.3 Å². The van der Waals surface area contributed by atoms with Crippen molar-refractivity contribution >= 4 is 23.9 Å². The minimum atomic E-state index is 0.329. The summed E-state index contributed by atoms with van der Waals surface area (Å²) in [6.45, 7) is 76.0. The molecule has 6 rings (SSSR count). The van der Waals surface area contributed by atoms with Crippen LogP contribution in [0.5, 0.6) is 0 Å². The van der Waals surface area contributed by atoms with Gasteiger partial charge in [-0.15, -0.1) is 11.3 Å². The summed E-state index contributed by atoms with van der Waals surface area (Å²) >= 11 is 1.89. The predicted octanol–water partition coefficient (Wildman–Crippen LogP) is 22.0. The summed E-state index contributed by atoms with van der Waals surface area (Å²) < 4.78 is 16.0. The number of aromatic nitrogens is 8. The topological polar surface area (TPSA) is 159 Å². The lowest BCUT2D eigenvalue weighted by Gasteiger charge is -2.07. The van der Waals surface area contributed by atoms with Crippen molar-refractivity contribution in [2.75, 3.05) is 6.54 Å². The molecule has 0 amide bonds. The van der Waals surface area contributed by atoms with E-state index in [4.69, 9.17) is 18.4 Å². The second-order valence-electron chi connectivity index (χ2n) is 27.0. The number of hydrogen-bond donors (Lipinski definition) is 0. The van der Waals surface area contributed by atoms with Gasteiger partial charge in [-0.25, -0.2) is 15.0 Å². The molecular formula is C67H126N10O3S. The second kappa shape index (κ2) is 42.5. The molecule has 5 aromatic rings. The van der Waals surface area contributed by atoms with E-state index in [9.17, 15) is 0 Å². The molecule has 5 aromatic heterocycles. The number of rotatable bonds is 13. The first-order chi connectivity index (χ1) is 37.2. The van der Waals surface area contributed by atoms with Gasteiger partial charge in [0.2, 0.25) is 5.89 Å². The Kier molecular flexibility index (Phi) is 42.4. The fraction of sp³-hybridized carbons (Fsp3) is 0.776. The number of nitrogens with zero attached hydrogens (tertiary/aromatic N) is 10. The summed E-state index contributed by atoms with van der Waals surface area (Å²) in [5.74, 6) is 12.4.